The Morgan fingerprint density at radius 1 is 1.03 bits per heavy atom. The molecule has 0 radical (unpaired) electrons. The Balaban J connectivity index is 1.62. The summed E-state index contributed by atoms with van der Waals surface area (Å²) in [7, 11) is 0. The van der Waals surface area contributed by atoms with Gasteiger partial charge in [0.1, 0.15) is 6.61 Å². The van der Waals surface area contributed by atoms with E-state index in [1.807, 2.05) is 25.1 Å². The number of thioether (sulfide) groups is 1. The molecule has 0 bridgehead atoms. The Morgan fingerprint density at radius 3 is 2.44 bits per heavy atom. The number of halogens is 4. The highest BCUT2D eigenvalue weighted by Gasteiger charge is 2.12. The third kappa shape index (κ3) is 8.10. The van der Waals surface area contributed by atoms with Crippen molar-refractivity contribution in [3.63, 3.8) is 0 Å². The van der Waals surface area contributed by atoms with Crippen molar-refractivity contribution in [2.45, 2.75) is 18.4 Å². The van der Waals surface area contributed by atoms with Crippen LogP contribution in [0.15, 0.2) is 69.1 Å². The number of ether oxygens (including phenoxy) is 2. The van der Waals surface area contributed by atoms with E-state index in [2.05, 4.69) is 26.5 Å². The van der Waals surface area contributed by atoms with E-state index in [0.717, 1.165) is 14.9 Å². The Bertz CT molecular complexity index is 1180. The molecule has 1 N–H and O–H groups in total. The van der Waals surface area contributed by atoms with Crippen LogP contribution in [0.2, 0.25) is 15.1 Å². The molecule has 3 rings (SSSR count). The summed E-state index contributed by atoms with van der Waals surface area (Å²) in [6, 6.07) is 16.1. The Hall–Kier alpha value is -1.90. The fourth-order valence-corrected chi connectivity index (χ4v) is 4.42. The third-order valence-corrected chi connectivity index (χ3v) is 6.88. The van der Waals surface area contributed by atoms with Crippen molar-refractivity contribution in [1.82, 2.24) is 5.43 Å². The highest BCUT2D eigenvalue weighted by molar-refractivity contribution is 9.10. The normalized spacial score (nSPS) is 11.0. The summed E-state index contributed by atoms with van der Waals surface area (Å²) in [4.78, 5) is 13.1. The highest BCUT2D eigenvalue weighted by atomic mass is 79.9. The topological polar surface area (TPSA) is 59.9 Å². The maximum Gasteiger partial charge on any atom is 0.250 e. The zero-order valence-electron chi connectivity index (χ0n) is 18.0. The molecule has 34 heavy (non-hydrogen) atoms. The van der Waals surface area contributed by atoms with E-state index in [-0.39, 0.29) is 18.3 Å². The molecule has 178 valence electrons. The van der Waals surface area contributed by atoms with Crippen LogP contribution in [0.3, 0.4) is 0 Å². The number of nitrogens with one attached hydrogen (secondary N) is 1. The monoisotopic (exact) mass is 600 g/mol. The van der Waals surface area contributed by atoms with Crippen LogP contribution in [0.1, 0.15) is 18.1 Å². The molecule has 0 heterocycles. The van der Waals surface area contributed by atoms with Crippen molar-refractivity contribution < 1.29 is 14.3 Å². The minimum Gasteiger partial charge on any atom is -0.490 e. The standard InChI is InChI=1S/C24H20BrCl3N2O3S/c1-2-32-22-9-16(12-29-30-24(31)14-34-19-7-5-17(26)6-8-19)20(25)11-23(22)33-13-15-3-4-18(27)10-21(15)28/h3-12H,2,13-14H2,1H3,(H,30,31)/b29-12-. The van der Waals surface area contributed by atoms with Gasteiger partial charge in [0.2, 0.25) is 5.91 Å². The van der Waals surface area contributed by atoms with Gasteiger partial charge in [0.15, 0.2) is 11.5 Å². The summed E-state index contributed by atoms with van der Waals surface area (Å²) in [6.07, 6.45) is 1.54. The Labute approximate surface area is 225 Å². The van der Waals surface area contributed by atoms with E-state index in [1.165, 1.54) is 18.0 Å². The summed E-state index contributed by atoms with van der Waals surface area (Å²) in [6.45, 7) is 2.58. The summed E-state index contributed by atoms with van der Waals surface area (Å²) >= 11 is 23.0. The van der Waals surface area contributed by atoms with Gasteiger partial charge in [-0.2, -0.15) is 5.10 Å². The predicted octanol–water partition coefficient (Wildman–Crippen LogP) is 7.63. The average molecular weight is 603 g/mol. The first-order chi connectivity index (χ1) is 16.4. The first kappa shape index (κ1) is 26.7. The van der Waals surface area contributed by atoms with Crippen molar-refractivity contribution in [2.24, 2.45) is 5.10 Å². The lowest BCUT2D eigenvalue weighted by atomic mass is 10.2. The molecule has 3 aromatic rings. The summed E-state index contributed by atoms with van der Waals surface area (Å²) < 4.78 is 12.4. The third-order valence-electron chi connectivity index (χ3n) is 4.34. The largest absolute Gasteiger partial charge is 0.490 e. The highest BCUT2D eigenvalue weighted by Crippen LogP contribution is 2.34. The molecular formula is C24H20BrCl3N2O3S. The molecule has 0 spiro atoms. The van der Waals surface area contributed by atoms with E-state index in [9.17, 15) is 4.79 Å². The van der Waals surface area contributed by atoms with Gasteiger partial charge in [-0.1, -0.05) is 40.9 Å². The first-order valence-corrected chi connectivity index (χ1v) is 13.0. The smallest absolute Gasteiger partial charge is 0.250 e. The zero-order valence-corrected chi connectivity index (χ0v) is 22.7. The van der Waals surface area contributed by atoms with Crippen LogP contribution in [0.25, 0.3) is 0 Å². The van der Waals surface area contributed by atoms with E-state index in [4.69, 9.17) is 44.3 Å². The van der Waals surface area contributed by atoms with E-state index >= 15 is 0 Å². The number of rotatable bonds is 10. The van der Waals surface area contributed by atoms with E-state index < -0.39 is 0 Å². The molecule has 0 atom stereocenters. The molecule has 0 aliphatic rings. The minimum atomic E-state index is -0.225. The number of hydrogen-bond acceptors (Lipinski definition) is 5. The van der Waals surface area contributed by atoms with Crippen LogP contribution in [-0.4, -0.2) is 24.5 Å². The van der Waals surface area contributed by atoms with Crippen LogP contribution in [0.4, 0.5) is 0 Å². The Morgan fingerprint density at radius 2 is 1.74 bits per heavy atom. The zero-order chi connectivity index (χ0) is 24.5. The van der Waals surface area contributed by atoms with Crippen molar-refractivity contribution >= 4 is 74.6 Å². The van der Waals surface area contributed by atoms with Gasteiger partial charge in [0, 0.05) is 35.6 Å². The second-order valence-electron chi connectivity index (χ2n) is 6.81. The second kappa shape index (κ2) is 13.3. The second-order valence-corrected chi connectivity index (χ2v) is 10.00. The van der Waals surface area contributed by atoms with Gasteiger partial charge < -0.3 is 9.47 Å². The lowest BCUT2D eigenvalue weighted by Crippen LogP contribution is -2.19. The molecule has 0 fully saturated rings. The quantitative estimate of drug-likeness (QED) is 0.147. The molecule has 0 aromatic heterocycles. The van der Waals surface area contributed by atoms with Crippen molar-refractivity contribution in [3.05, 3.63) is 85.3 Å². The number of benzene rings is 3. The van der Waals surface area contributed by atoms with Crippen molar-refractivity contribution in [1.29, 1.82) is 0 Å². The number of hydrazone groups is 1. The number of hydrogen-bond donors (Lipinski definition) is 1. The van der Waals surface area contributed by atoms with Crippen molar-refractivity contribution in [3.8, 4) is 11.5 Å². The van der Waals surface area contributed by atoms with Gasteiger partial charge in [-0.25, -0.2) is 5.43 Å². The Kier molecular flexibility index (Phi) is 10.4. The fraction of sp³-hybridized carbons (Fsp3) is 0.167. The van der Waals surface area contributed by atoms with Gasteiger partial charge >= 0.3 is 0 Å². The summed E-state index contributed by atoms with van der Waals surface area (Å²) in [5.74, 6) is 1.09. The minimum absolute atomic E-state index is 0.225. The van der Waals surface area contributed by atoms with Gasteiger partial charge in [0.25, 0.3) is 0 Å². The number of carbonyl (C=O) groups excluding carboxylic acids is 1. The molecule has 0 unspecified atom stereocenters. The van der Waals surface area contributed by atoms with Crippen LogP contribution in [0, 0.1) is 0 Å². The SMILES string of the molecule is CCOc1cc(/C=N\NC(=O)CSc2ccc(Cl)cc2)c(Br)cc1OCc1ccc(Cl)cc1Cl. The maximum atomic E-state index is 12.1. The molecule has 0 aliphatic heterocycles. The molecule has 1 amide bonds. The summed E-state index contributed by atoms with van der Waals surface area (Å²) in [5.41, 5.74) is 4.04. The summed E-state index contributed by atoms with van der Waals surface area (Å²) in [5, 5.41) is 5.80. The van der Waals surface area contributed by atoms with Gasteiger partial charge in [-0.05, 0) is 71.4 Å². The molecule has 0 aliphatic carbocycles. The molecule has 10 heteroatoms. The van der Waals surface area contributed by atoms with E-state index in [1.54, 1.807) is 36.4 Å². The van der Waals surface area contributed by atoms with Gasteiger partial charge in [0.05, 0.1) is 18.6 Å². The number of carbonyl (C=O) groups is 1. The van der Waals surface area contributed by atoms with Crippen molar-refractivity contribution in [2.75, 3.05) is 12.4 Å². The lowest BCUT2D eigenvalue weighted by molar-refractivity contribution is -0.118. The van der Waals surface area contributed by atoms with E-state index in [0.29, 0.717) is 38.7 Å². The molecular weight excluding hydrogens is 583 g/mol. The van der Waals surface area contributed by atoms with Crippen LogP contribution >= 0.6 is 62.5 Å². The molecule has 3 aromatic carbocycles. The molecule has 0 saturated carbocycles. The maximum absolute atomic E-state index is 12.1. The molecule has 0 saturated heterocycles. The van der Waals surface area contributed by atoms with Crippen LogP contribution in [-0.2, 0) is 11.4 Å². The number of amides is 1. The first-order valence-electron chi connectivity index (χ1n) is 10.1. The van der Waals surface area contributed by atoms with Crippen LogP contribution < -0.4 is 14.9 Å². The number of nitrogens with zero attached hydrogens (tertiary/aromatic N) is 1. The van der Waals surface area contributed by atoms with Crippen LogP contribution in [0.5, 0.6) is 11.5 Å². The van der Waals surface area contributed by atoms with Gasteiger partial charge in [-0.15, -0.1) is 11.8 Å². The predicted molar refractivity (Wildman–Crippen MR) is 144 cm³/mol. The average Bonchev–Trinajstić information content (AvgIpc) is 2.80. The molecule has 5 nitrogen and oxygen atoms in total. The van der Waals surface area contributed by atoms with Gasteiger partial charge in [-0.3, -0.25) is 4.79 Å². The lowest BCUT2D eigenvalue weighted by Gasteiger charge is -2.14. The fourth-order valence-electron chi connectivity index (χ4n) is 2.71.